The molecular weight excluding hydrogens is 406 g/mol. The molecule has 0 aliphatic rings. The van der Waals surface area contributed by atoms with Gasteiger partial charge < -0.3 is 14.8 Å². The minimum Gasteiger partial charge on any atom is -0.487 e. The van der Waals surface area contributed by atoms with Gasteiger partial charge in [0.2, 0.25) is 0 Å². The van der Waals surface area contributed by atoms with E-state index in [9.17, 15) is 9.59 Å². The van der Waals surface area contributed by atoms with Crippen LogP contribution in [-0.4, -0.2) is 21.4 Å². The molecule has 1 N–H and O–H groups in total. The van der Waals surface area contributed by atoms with Gasteiger partial charge >= 0.3 is 0 Å². The van der Waals surface area contributed by atoms with Gasteiger partial charge in [-0.3, -0.25) is 14.0 Å². The van der Waals surface area contributed by atoms with Gasteiger partial charge in [0, 0.05) is 24.0 Å². The van der Waals surface area contributed by atoms with Crippen LogP contribution in [-0.2, 0) is 11.4 Å². The fourth-order valence-electron chi connectivity index (χ4n) is 3.15. The van der Waals surface area contributed by atoms with Gasteiger partial charge in [-0.1, -0.05) is 30.3 Å². The van der Waals surface area contributed by atoms with Crippen LogP contribution in [0.2, 0.25) is 0 Å². The third kappa shape index (κ3) is 5.13. The lowest BCUT2D eigenvalue weighted by Gasteiger charge is -2.15. The SMILES string of the molecule is Cc1ccc2nc(COc3cccc(NC(=O)C(C)Oc4ccccc4)c3)cc(=O)n2c1. The van der Waals surface area contributed by atoms with Crippen molar-refractivity contribution >= 4 is 17.2 Å². The number of aromatic nitrogens is 2. The molecule has 0 saturated heterocycles. The van der Waals surface area contributed by atoms with Crippen LogP contribution in [0.4, 0.5) is 5.69 Å². The average molecular weight is 429 g/mol. The molecule has 0 spiro atoms. The first kappa shape index (κ1) is 21.1. The Bertz CT molecular complexity index is 1300. The summed E-state index contributed by atoms with van der Waals surface area (Å²) < 4.78 is 13.0. The molecule has 7 heteroatoms. The van der Waals surface area contributed by atoms with Crippen LogP contribution in [0, 0.1) is 6.92 Å². The number of carbonyl (C=O) groups is 1. The Labute approximate surface area is 185 Å². The molecule has 162 valence electrons. The summed E-state index contributed by atoms with van der Waals surface area (Å²) in [5, 5.41) is 2.83. The summed E-state index contributed by atoms with van der Waals surface area (Å²) in [4.78, 5) is 29.3. The van der Waals surface area contributed by atoms with Gasteiger partial charge in [0.05, 0.1) is 5.69 Å². The highest BCUT2D eigenvalue weighted by Gasteiger charge is 2.15. The van der Waals surface area contributed by atoms with Crippen LogP contribution in [0.15, 0.2) is 83.8 Å². The maximum atomic E-state index is 12.5. The highest BCUT2D eigenvalue weighted by Crippen LogP contribution is 2.19. The molecule has 1 unspecified atom stereocenters. The predicted molar refractivity (Wildman–Crippen MR) is 122 cm³/mol. The van der Waals surface area contributed by atoms with Gasteiger partial charge in [-0.25, -0.2) is 4.98 Å². The molecule has 0 aliphatic heterocycles. The lowest BCUT2D eigenvalue weighted by atomic mass is 10.2. The number of para-hydroxylation sites is 1. The Morgan fingerprint density at radius 3 is 2.62 bits per heavy atom. The summed E-state index contributed by atoms with van der Waals surface area (Å²) in [6.45, 7) is 3.74. The minimum atomic E-state index is -0.666. The van der Waals surface area contributed by atoms with Crippen molar-refractivity contribution in [1.29, 1.82) is 0 Å². The standard InChI is InChI=1S/C25H23N3O4/c1-17-11-12-23-26-20(14-24(29)28(23)15-17)16-31-22-10-6-7-19(13-22)27-25(30)18(2)32-21-8-4-3-5-9-21/h3-15,18H,16H2,1-2H3,(H,27,30). The van der Waals surface area contributed by atoms with E-state index in [1.165, 1.54) is 10.5 Å². The summed E-state index contributed by atoms with van der Waals surface area (Å²) in [7, 11) is 0. The van der Waals surface area contributed by atoms with E-state index >= 15 is 0 Å². The number of fused-ring (bicyclic) bond motifs is 1. The van der Waals surface area contributed by atoms with Crippen LogP contribution < -0.4 is 20.3 Å². The maximum Gasteiger partial charge on any atom is 0.265 e. The van der Waals surface area contributed by atoms with Crippen LogP contribution in [0.25, 0.3) is 5.65 Å². The fraction of sp³-hybridized carbons (Fsp3) is 0.160. The summed E-state index contributed by atoms with van der Waals surface area (Å²) >= 11 is 0. The number of pyridine rings is 1. The third-order valence-corrected chi connectivity index (χ3v) is 4.77. The zero-order valence-corrected chi connectivity index (χ0v) is 17.8. The first-order chi connectivity index (χ1) is 15.5. The van der Waals surface area contributed by atoms with E-state index in [1.807, 2.05) is 31.2 Å². The number of amides is 1. The first-order valence-electron chi connectivity index (χ1n) is 10.2. The zero-order valence-electron chi connectivity index (χ0n) is 17.8. The highest BCUT2D eigenvalue weighted by atomic mass is 16.5. The molecule has 2 aromatic heterocycles. The van der Waals surface area contributed by atoms with Crippen molar-refractivity contribution in [3.63, 3.8) is 0 Å². The largest absolute Gasteiger partial charge is 0.487 e. The van der Waals surface area contributed by atoms with E-state index in [2.05, 4.69) is 10.3 Å². The molecule has 0 aliphatic carbocycles. The van der Waals surface area contributed by atoms with Gasteiger partial charge in [0.1, 0.15) is 23.8 Å². The van der Waals surface area contributed by atoms with Gasteiger partial charge in [-0.2, -0.15) is 0 Å². The van der Waals surface area contributed by atoms with Crippen LogP contribution >= 0.6 is 0 Å². The van der Waals surface area contributed by atoms with Crippen LogP contribution in [0.3, 0.4) is 0 Å². The summed E-state index contributed by atoms with van der Waals surface area (Å²) in [5.41, 5.74) is 2.49. The number of anilines is 1. The predicted octanol–water partition coefficient (Wildman–Crippen LogP) is 3.99. The fourth-order valence-corrected chi connectivity index (χ4v) is 3.15. The number of hydrogen-bond donors (Lipinski definition) is 1. The molecule has 4 rings (SSSR count). The number of carbonyl (C=O) groups excluding carboxylic acids is 1. The van der Waals surface area contributed by atoms with E-state index < -0.39 is 6.10 Å². The Balaban J connectivity index is 1.40. The Hall–Kier alpha value is -4.13. The maximum absolute atomic E-state index is 12.5. The number of benzene rings is 2. The van der Waals surface area contributed by atoms with Crippen molar-refractivity contribution in [3.05, 3.63) is 101 Å². The smallest absolute Gasteiger partial charge is 0.265 e. The topological polar surface area (TPSA) is 81.9 Å². The molecule has 0 saturated carbocycles. The average Bonchev–Trinajstić information content (AvgIpc) is 2.79. The minimum absolute atomic E-state index is 0.130. The molecule has 2 heterocycles. The lowest BCUT2D eigenvalue weighted by molar-refractivity contribution is -0.122. The quantitative estimate of drug-likeness (QED) is 0.480. The van der Waals surface area contributed by atoms with Crippen molar-refractivity contribution in [2.45, 2.75) is 26.6 Å². The Kier molecular flexibility index (Phi) is 6.17. The van der Waals surface area contributed by atoms with E-state index in [0.717, 1.165) is 5.56 Å². The zero-order chi connectivity index (χ0) is 22.5. The number of ether oxygens (including phenoxy) is 2. The third-order valence-electron chi connectivity index (χ3n) is 4.77. The van der Waals surface area contributed by atoms with Crippen molar-refractivity contribution in [1.82, 2.24) is 9.38 Å². The van der Waals surface area contributed by atoms with Crippen molar-refractivity contribution in [2.75, 3.05) is 5.32 Å². The monoisotopic (exact) mass is 429 g/mol. The van der Waals surface area contributed by atoms with Gasteiger partial charge in [-0.05, 0) is 49.7 Å². The van der Waals surface area contributed by atoms with E-state index in [1.54, 1.807) is 55.6 Å². The summed E-state index contributed by atoms with van der Waals surface area (Å²) in [6.07, 6.45) is 1.09. The number of aryl methyl sites for hydroxylation is 1. The second kappa shape index (κ2) is 9.34. The van der Waals surface area contributed by atoms with Crippen molar-refractivity contribution < 1.29 is 14.3 Å². The molecular formula is C25H23N3O4. The van der Waals surface area contributed by atoms with Gasteiger partial charge in [-0.15, -0.1) is 0 Å². The van der Waals surface area contributed by atoms with Crippen LogP contribution in [0.1, 0.15) is 18.2 Å². The molecule has 1 atom stereocenters. The van der Waals surface area contributed by atoms with Crippen molar-refractivity contribution in [3.8, 4) is 11.5 Å². The van der Waals surface area contributed by atoms with E-state index in [-0.39, 0.29) is 18.1 Å². The van der Waals surface area contributed by atoms with Crippen molar-refractivity contribution in [2.24, 2.45) is 0 Å². The molecule has 32 heavy (non-hydrogen) atoms. The number of nitrogens with zero attached hydrogens (tertiary/aromatic N) is 2. The molecule has 0 bridgehead atoms. The first-order valence-corrected chi connectivity index (χ1v) is 10.2. The van der Waals surface area contributed by atoms with Gasteiger partial charge in [0.25, 0.3) is 11.5 Å². The molecule has 1 amide bonds. The van der Waals surface area contributed by atoms with E-state index in [4.69, 9.17) is 9.47 Å². The van der Waals surface area contributed by atoms with Crippen LogP contribution in [0.5, 0.6) is 11.5 Å². The lowest BCUT2D eigenvalue weighted by Crippen LogP contribution is -2.30. The number of nitrogens with one attached hydrogen (secondary N) is 1. The normalized spacial score (nSPS) is 11.7. The Morgan fingerprint density at radius 1 is 1.03 bits per heavy atom. The second-order valence-electron chi connectivity index (χ2n) is 7.40. The van der Waals surface area contributed by atoms with Gasteiger partial charge in [0.15, 0.2) is 6.10 Å². The van der Waals surface area contributed by atoms with E-state index in [0.29, 0.717) is 28.5 Å². The molecule has 7 nitrogen and oxygen atoms in total. The summed E-state index contributed by atoms with van der Waals surface area (Å²) in [5.74, 6) is 0.900. The second-order valence-corrected chi connectivity index (χ2v) is 7.40. The Morgan fingerprint density at radius 2 is 1.81 bits per heavy atom. The molecule has 0 fully saturated rings. The highest BCUT2D eigenvalue weighted by molar-refractivity contribution is 5.94. The molecule has 2 aromatic carbocycles. The summed E-state index contributed by atoms with van der Waals surface area (Å²) in [6, 6.07) is 21.4. The molecule has 0 radical (unpaired) electrons. The molecule has 4 aromatic rings. The number of hydrogen-bond acceptors (Lipinski definition) is 5. The number of rotatable bonds is 7.